The molecule has 26 heavy (non-hydrogen) atoms. The summed E-state index contributed by atoms with van der Waals surface area (Å²) in [4.78, 5) is 32.1. The second kappa shape index (κ2) is 7.62. The molecule has 0 atom stereocenters. The first-order valence-corrected chi connectivity index (χ1v) is 9.36. The number of likely N-dealkylation sites (tertiary alicyclic amines) is 1. The van der Waals surface area contributed by atoms with E-state index in [4.69, 9.17) is 11.6 Å². The summed E-state index contributed by atoms with van der Waals surface area (Å²) in [5.74, 6) is 1.10. The minimum absolute atomic E-state index is 0.00316. The van der Waals surface area contributed by atoms with Crippen molar-refractivity contribution in [2.45, 2.75) is 40.2 Å². The maximum Gasteiger partial charge on any atom is 0.257 e. The summed E-state index contributed by atoms with van der Waals surface area (Å²) in [5, 5.41) is 0.567. The van der Waals surface area contributed by atoms with Crippen LogP contribution in [0.25, 0.3) is 11.4 Å². The molecule has 1 aromatic heterocycles. The van der Waals surface area contributed by atoms with Gasteiger partial charge in [-0.2, -0.15) is 0 Å². The molecule has 1 aliphatic heterocycles. The molecule has 0 aliphatic carbocycles. The number of rotatable bonds is 3. The van der Waals surface area contributed by atoms with Crippen molar-refractivity contribution in [2.75, 3.05) is 13.1 Å². The summed E-state index contributed by atoms with van der Waals surface area (Å²) < 4.78 is 1.48. The Morgan fingerprint density at radius 2 is 1.96 bits per heavy atom. The molecule has 0 bridgehead atoms. The number of carbonyl (C=O) groups is 1. The van der Waals surface area contributed by atoms with Gasteiger partial charge in [0.1, 0.15) is 12.4 Å². The van der Waals surface area contributed by atoms with Crippen LogP contribution in [0.2, 0.25) is 5.02 Å². The van der Waals surface area contributed by atoms with Crippen LogP contribution in [0, 0.1) is 19.8 Å². The second-order valence-electron chi connectivity index (χ2n) is 7.11. The summed E-state index contributed by atoms with van der Waals surface area (Å²) in [6, 6.07) is 7.21. The average Bonchev–Trinajstić information content (AvgIpc) is 2.62. The topological polar surface area (TPSA) is 55.2 Å². The zero-order chi connectivity index (χ0) is 18.8. The van der Waals surface area contributed by atoms with Gasteiger partial charge in [0.15, 0.2) is 0 Å². The summed E-state index contributed by atoms with van der Waals surface area (Å²) in [6.45, 7) is 7.26. The summed E-state index contributed by atoms with van der Waals surface area (Å²) in [7, 11) is 0. The van der Waals surface area contributed by atoms with E-state index >= 15 is 0 Å². The van der Waals surface area contributed by atoms with Gasteiger partial charge in [-0.25, -0.2) is 4.98 Å². The normalized spacial score (nSPS) is 15.3. The third kappa shape index (κ3) is 3.83. The predicted octanol–water partition coefficient (Wildman–Crippen LogP) is 3.44. The van der Waals surface area contributed by atoms with Gasteiger partial charge in [0.05, 0.1) is 0 Å². The van der Waals surface area contributed by atoms with Gasteiger partial charge in [-0.1, -0.05) is 30.7 Å². The van der Waals surface area contributed by atoms with Crippen LogP contribution in [0.4, 0.5) is 0 Å². The van der Waals surface area contributed by atoms with Crippen molar-refractivity contribution in [3.63, 3.8) is 0 Å². The van der Waals surface area contributed by atoms with E-state index in [1.807, 2.05) is 24.0 Å². The highest BCUT2D eigenvalue weighted by atomic mass is 35.5. The van der Waals surface area contributed by atoms with Crippen molar-refractivity contribution in [3.8, 4) is 11.4 Å². The number of hydrogen-bond acceptors (Lipinski definition) is 3. The third-order valence-electron chi connectivity index (χ3n) is 5.15. The minimum atomic E-state index is -0.175. The van der Waals surface area contributed by atoms with Gasteiger partial charge in [0.2, 0.25) is 5.91 Å². The Balaban J connectivity index is 1.99. The molecule has 1 aliphatic rings. The van der Waals surface area contributed by atoms with E-state index in [0.717, 1.165) is 31.5 Å². The zero-order valence-corrected chi connectivity index (χ0v) is 16.2. The van der Waals surface area contributed by atoms with E-state index in [2.05, 4.69) is 11.9 Å². The molecule has 1 amide bonds. The number of benzene rings is 1. The van der Waals surface area contributed by atoms with Gasteiger partial charge in [-0.3, -0.25) is 14.2 Å². The Hall–Kier alpha value is -2.14. The van der Waals surface area contributed by atoms with Gasteiger partial charge in [-0.05, 0) is 44.7 Å². The van der Waals surface area contributed by atoms with E-state index in [9.17, 15) is 9.59 Å². The first-order valence-electron chi connectivity index (χ1n) is 8.98. The molecule has 0 radical (unpaired) electrons. The standard InChI is InChI=1S/C20H24ClN3O2/c1-13-7-9-23(10-8-13)18(25)12-24-19(16-5-4-6-17(21)11-16)22-15(3)14(2)20(24)26/h4-6,11,13H,7-10,12H2,1-3H3. The van der Waals surface area contributed by atoms with Crippen LogP contribution in [0.5, 0.6) is 0 Å². The van der Waals surface area contributed by atoms with Gasteiger partial charge < -0.3 is 4.90 Å². The van der Waals surface area contributed by atoms with Crippen LogP contribution in [0.15, 0.2) is 29.1 Å². The van der Waals surface area contributed by atoms with E-state index in [1.54, 1.807) is 19.1 Å². The number of piperidine rings is 1. The molecule has 2 heterocycles. The molecular weight excluding hydrogens is 350 g/mol. The lowest BCUT2D eigenvalue weighted by Crippen LogP contribution is -2.42. The molecule has 3 rings (SSSR count). The second-order valence-corrected chi connectivity index (χ2v) is 7.55. The number of aryl methyl sites for hydroxylation is 1. The van der Waals surface area contributed by atoms with E-state index in [-0.39, 0.29) is 18.0 Å². The Bertz CT molecular complexity index is 883. The molecule has 1 aromatic carbocycles. The Kier molecular flexibility index (Phi) is 5.47. The maximum absolute atomic E-state index is 12.9. The Labute approximate surface area is 158 Å². The third-order valence-corrected chi connectivity index (χ3v) is 5.39. The van der Waals surface area contributed by atoms with Gasteiger partial charge >= 0.3 is 0 Å². The fraction of sp³-hybridized carbons (Fsp3) is 0.450. The SMILES string of the molecule is Cc1nc(-c2cccc(Cl)c2)n(CC(=O)N2CCC(C)CC2)c(=O)c1C. The van der Waals surface area contributed by atoms with Crippen LogP contribution in [-0.4, -0.2) is 33.4 Å². The van der Waals surface area contributed by atoms with Crippen molar-refractivity contribution >= 4 is 17.5 Å². The van der Waals surface area contributed by atoms with Gasteiger partial charge in [0, 0.05) is 34.9 Å². The van der Waals surface area contributed by atoms with Crippen molar-refractivity contribution in [1.82, 2.24) is 14.5 Å². The minimum Gasteiger partial charge on any atom is -0.341 e. The van der Waals surface area contributed by atoms with Crippen LogP contribution >= 0.6 is 11.6 Å². The highest BCUT2D eigenvalue weighted by Gasteiger charge is 2.23. The van der Waals surface area contributed by atoms with Crippen molar-refractivity contribution in [2.24, 2.45) is 5.92 Å². The molecule has 138 valence electrons. The molecule has 5 nitrogen and oxygen atoms in total. The summed E-state index contributed by atoms with van der Waals surface area (Å²) in [6.07, 6.45) is 2.01. The monoisotopic (exact) mass is 373 g/mol. The van der Waals surface area contributed by atoms with Crippen molar-refractivity contribution in [1.29, 1.82) is 0 Å². The van der Waals surface area contributed by atoms with Crippen molar-refractivity contribution < 1.29 is 4.79 Å². The average molecular weight is 374 g/mol. The lowest BCUT2D eigenvalue weighted by atomic mass is 9.99. The van der Waals surface area contributed by atoms with E-state index < -0.39 is 0 Å². The molecule has 6 heteroatoms. The first kappa shape index (κ1) is 18.6. The number of hydrogen-bond donors (Lipinski definition) is 0. The molecule has 2 aromatic rings. The van der Waals surface area contributed by atoms with Crippen molar-refractivity contribution in [3.05, 3.63) is 50.9 Å². The molecule has 0 N–H and O–H groups in total. The van der Waals surface area contributed by atoms with Gasteiger partial charge in [0.25, 0.3) is 5.56 Å². The highest BCUT2D eigenvalue weighted by Crippen LogP contribution is 2.22. The molecule has 1 saturated heterocycles. The van der Waals surface area contributed by atoms with Crippen LogP contribution in [0.1, 0.15) is 31.0 Å². The summed E-state index contributed by atoms with van der Waals surface area (Å²) >= 11 is 6.11. The number of carbonyl (C=O) groups excluding carboxylic acids is 1. The van der Waals surface area contributed by atoms with E-state index in [0.29, 0.717) is 28.0 Å². The number of nitrogens with zero attached hydrogens (tertiary/aromatic N) is 3. The molecular formula is C20H24ClN3O2. The first-order chi connectivity index (χ1) is 12.4. The highest BCUT2D eigenvalue weighted by molar-refractivity contribution is 6.30. The maximum atomic E-state index is 12.9. The zero-order valence-electron chi connectivity index (χ0n) is 15.5. The lowest BCUT2D eigenvalue weighted by Gasteiger charge is -2.30. The van der Waals surface area contributed by atoms with Crippen LogP contribution in [-0.2, 0) is 11.3 Å². The molecule has 0 spiro atoms. The lowest BCUT2D eigenvalue weighted by molar-refractivity contribution is -0.133. The van der Waals surface area contributed by atoms with E-state index in [1.165, 1.54) is 4.57 Å². The smallest absolute Gasteiger partial charge is 0.257 e. The number of amides is 1. The largest absolute Gasteiger partial charge is 0.341 e. The Morgan fingerprint density at radius 3 is 2.62 bits per heavy atom. The fourth-order valence-corrected chi connectivity index (χ4v) is 3.43. The van der Waals surface area contributed by atoms with Crippen LogP contribution in [0.3, 0.4) is 0 Å². The molecule has 1 fully saturated rings. The molecule has 0 unspecified atom stereocenters. The fourth-order valence-electron chi connectivity index (χ4n) is 3.24. The van der Waals surface area contributed by atoms with Gasteiger partial charge in [-0.15, -0.1) is 0 Å². The molecule has 0 saturated carbocycles. The predicted molar refractivity (Wildman–Crippen MR) is 103 cm³/mol. The Morgan fingerprint density at radius 1 is 1.27 bits per heavy atom. The number of halogens is 1. The quantitative estimate of drug-likeness (QED) is 0.828. The number of aromatic nitrogens is 2. The van der Waals surface area contributed by atoms with Crippen LogP contribution < -0.4 is 5.56 Å². The summed E-state index contributed by atoms with van der Waals surface area (Å²) in [5.41, 5.74) is 1.79.